The molecule has 0 aliphatic carbocycles. The van der Waals surface area contributed by atoms with Gasteiger partial charge in [-0.2, -0.15) is 0 Å². The minimum atomic E-state index is -0.342. The summed E-state index contributed by atoms with van der Waals surface area (Å²) in [6, 6.07) is 1.44. The molecule has 0 radical (unpaired) electrons. The SMILES string of the molecule is CC(C)C(CNc1ncc(F)cc1CN)C(C)C. The summed E-state index contributed by atoms with van der Waals surface area (Å²) in [4.78, 5) is 4.07. The summed E-state index contributed by atoms with van der Waals surface area (Å²) >= 11 is 0. The number of anilines is 1. The van der Waals surface area contributed by atoms with Crippen molar-refractivity contribution in [3.05, 3.63) is 23.6 Å². The number of nitrogens with one attached hydrogen (secondary N) is 1. The van der Waals surface area contributed by atoms with Gasteiger partial charge in [0.15, 0.2) is 0 Å². The highest BCUT2D eigenvalue weighted by molar-refractivity contribution is 5.43. The zero-order valence-electron chi connectivity index (χ0n) is 11.7. The summed E-state index contributed by atoms with van der Waals surface area (Å²) in [6.45, 7) is 9.99. The summed E-state index contributed by atoms with van der Waals surface area (Å²) in [5, 5.41) is 3.30. The Bertz CT molecular complexity index is 369. The van der Waals surface area contributed by atoms with E-state index in [1.54, 1.807) is 0 Å². The van der Waals surface area contributed by atoms with Crippen molar-refractivity contribution < 1.29 is 4.39 Å². The van der Waals surface area contributed by atoms with Crippen molar-refractivity contribution in [2.24, 2.45) is 23.5 Å². The van der Waals surface area contributed by atoms with Crippen LogP contribution in [0.25, 0.3) is 0 Å². The van der Waals surface area contributed by atoms with Crippen molar-refractivity contribution in [2.45, 2.75) is 34.2 Å². The van der Waals surface area contributed by atoms with Crippen molar-refractivity contribution in [3.63, 3.8) is 0 Å². The molecule has 1 aromatic rings. The second-order valence-electron chi connectivity index (χ2n) is 5.40. The quantitative estimate of drug-likeness (QED) is 0.819. The molecule has 4 heteroatoms. The topological polar surface area (TPSA) is 50.9 Å². The predicted octanol–water partition coefficient (Wildman–Crippen LogP) is 3.02. The Morgan fingerprint density at radius 2 is 1.89 bits per heavy atom. The summed E-state index contributed by atoms with van der Waals surface area (Å²) in [5.74, 6) is 2.11. The molecular formula is C14H24FN3. The monoisotopic (exact) mass is 253 g/mol. The van der Waals surface area contributed by atoms with E-state index in [2.05, 4.69) is 38.0 Å². The molecule has 102 valence electrons. The van der Waals surface area contributed by atoms with Crippen LogP contribution in [0.3, 0.4) is 0 Å². The highest BCUT2D eigenvalue weighted by Gasteiger charge is 2.17. The van der Waals surface area contributed by atoms with Crippen LogP contribution in [0.1, 0.15) is 33.3 Å². The molecule has 3 nitrogen and oxygen atoms in total. The third-order valence-electron chi connectivity index (χ3n) is 3.37. The number of hydrogen-bond acceptors (Lipinski definition) is 3. The molecule has 0 unspecified atom stereocenters. The molecular weight excluding hydrogens is 229 g/mol. The van der Waals surface area contributed by atoms with Gasteiger partial charge in [0, 0.05) is 18.7 Å². The van der Waals surface area contributed by atoms with Crippen LogP contribution in [0.5, 0.6) is 0 Å². The maximum Gasteiger partial charge on any atom is 0.141 e. The number of nitrogens with two attached hydrogens (primary N) is 1. The molecule has 1 heterocycles. The third kappa shape index (κ3) is 3.95. The number of hydrogen-bond donors (Lipinski definition) is 2. The standard InChI is InChI=1S/C14H24FN3/c1-9(2)13(10(3)4)8-18-14-11(6-16)5-12(15)7-17-14/h5,7,9-10,13H,6,8,16H2,1-4H3,(H,17,18). The van der Waals surface area contributed by atoms with Gasteiger partial charge in [0.1, 0.15) is 11.6 Å². The molecule has 0 saturated heterocycles. The fourth-order valence-corrected chi connectivity index (χ4v) is 2.25. The Morgan fingerprint density at radius 3 is 2.39 bits per heavy atom. The van der Waals surface area contributed by atoms with Gasteiger partial charge in [-0.25, -0.2) is 9.37 Å². The average Bonchev–Trinajstić information content (AvgIpc) is 2.30. The number of aromatic nitrogens is 1. The van der Waals surface area contributed by atoms with Crippen molar-refractivity contribution in [3.8, 4) is 0 Å². The highest BCUT2D eigenvalue weighted by atomic mass is 19.1. The minimum Gasteiger partial charge on any atom is -0.370 e. The first-order valence-electron chi connectivity index (χ1n) is 6.54. The lowest BCUT2D eigenvalue weighted by Gasteiger charge is -2.25. The molecule has 3 N–H and O–H groups in total. The Balaban J connectivity index is 2.73. The lowest BCUT2D eigenvalue weighted by atomic mass is 9.85. The molecule has 0 aliphatic heterocycles. The van der Waals surface area contributed by atoms with Crippen LogP contribution >= 0.6 is 0 Å². The predicted molar refractivity (Wildman–Crippen MR) is 73.7 cm³/mol. The Labute approximate surface area is 109 Å². The van der Waals surface area contributed by atoms with Crippen LogP contribution in [0, 0.1) is 23.6 Å². The van der Waals surface area contributed by atoms with Crippen LogP contribution in [0.2, 0.25) is 0 Å². The van der Waals surface area contributed by atoms with Crippen molar-refractivity contribution >= 4 is 5.82 Å². The van der Waals surface area contributed by atoms with Gasteiger partial charge in [0.2, 0.25) is 0 Å². The summed E-state index contributed by atoms with van der Waals surface area (Å²) < 4.78 is 13.0. The first-order chi connectivity index (χ1) is 8.45. The van der Waals surface area contributed by atoms with Crippen LogP contribution in [0.4, 0.5) is 10.2 Å². The van der Waals surface area contributed by atoms with E-state index in [4.69, 9.17) is 5.73 Å². The number of halogens is 1. The Morgan fingerprint density at radius 1 is 1.28 bits per heavy atom. The zero-order valence-corrected chi connectivity index (χ0v) is 11.7. The lowest BCUT2D eigenvalue weighted by molar-refractivity contribution is 0.304. The van der Waals surface area contributed by atoms with Crippen LogP contribution in [0.15, 0.2) is 12.3 Å². The van der Waals surface area contributed by atoms with E-state index in [0.29, 0.717) is 30.1 Å². The third-order valence-corrected chi connectivity index (χ3v) is 3.37. The van der Waals surface area contributed by atoms with Gasteiger partial charge in [-0.3, -0.25) is 0 Å². The summed E-state index contributed by atoms with van der Waals surface area (Å²) in [7, 11) is 0. The van der Waals surface area contributed by atoms with E-state index in [0.717, 1.165) is 12.1 Å². The molecule has 0 spiro atoms. The van der Waals surface area contributed by atoms with Crippen molar-refractivity contribution in [2.75, 3.05) is 11.9 Å². The largest absolute Gasteiger partial charge is 0.370 e. The van der Waals surface area contributed by atoms with E-state index < -0.39 is 0 Å². The maximum atomic E-state index is 13.0. The van der Waals surface area contributed by atoms with Gasteiger partial charge in [0.05, 0.1) is 6.20 Å². The van der Waals surface area contributed by atoms with E-state index in [1.165, 1.54) is 12.3 Å². The first-order valence-corrected chi connectivity index (χ1v) is 6.54. The van der Waals surface area contributed by atoms with Gasteiger partial charge >= 0.3 is 0 Å². The molecule has 1 rings (SSSR count). The van der Waals surface area contributed by atoms with Crippen LogP contribution in [-0.2, 0) is 6.54 Å². The fourth-order valence-electron chi connectivity index (χ4n) is 2.25. The van der Waals surface area contributed by atoms with E-state index in [-0.39, 0.29) is 5.82 Å². The van der Waals surface area contributed by atoms with Gasteiger partial charge in [-0.05, 0) is 23.8 Å². The molecule has 0 aliphatic rings. The molecule has 18 heavy (non-hydrogen) atoms. The Hall–Kier alpha value is -1.16. The van der Waals surface area contributed by atoms with E-state index >= 15 is 0 Å². The number of rotatable bonds is 6. The van der Waals surface area contributed by atoms with Crippen molar-refractivity contribution in [1.82, 2.24) is 4.98 Å². The van der Waals surface area contributed by atoms with E-state index in [1.807, 2.05) is 0 Å². The summed E-state index contributed by atoms with van der Waals surface area (Å²) in [6.07, 6.45) is 1.22. The minimum absolute atomic E-state index is 0.293. The summed E-state index contributed by atoms with van der Waals surface area (Å²) in [5.41, 5.74) is 6.32. The molecule has 0 bridgehead atoms. The second kappa shape index (κ2) is 6.69. The average molecular weight is 253 g/mol. The second-order valence-corrected chi connectivity index (χ2v) is 5.40. The molecule has 1 aromatic heterocycles. The molecule has 0 saturated carbocycles. The van der Waals surface area contributed by atoms with Gasteiger partial charge in [-0.15, -0.1) is 0 Å². The molecule has 0 fully saturated rings. The Kier molecular flexibility index (Phi) is 5.54. The van der Waals surface area contributed by atoms with Gasteiger partial charge in [0.25, 0.3) is 0 Å². The first kappa shape index (κ1) is 14.9. The molecule has 0 aromatic carbocycles. The van der Waals surface area contributed by atoms with E-state index in [9.17, 15) is 4.39 Å². The molecule has 0 atom stereocenters. The van der Waals surface area contributed by atoms with Crippen molar-refractivity contribution in [1.29, 1.82) is 0 Å². The highest BCUT2D eigenvalue weighted by Crippen LogP contribution is 2.22. The number of nitrogens with zero attached hydrogens (tertiary/aromatic N) is 1. The maximum absolute atomic E-state index is 13.0. The van der Waals surface area contributed by atoms with Crippen LogP contribution < -0.4 is 11.1 Å². The molecule has 0 amide bonds. The fraction of sp³-hybridized carbons (Fsp3) is 0.643. The lowest BCUT2D eigenvalue weighted by Crippen LogP contribution is -2.25. The zero-order chi connectivity index (χ0) is 13.7. The van der Waals surface area contributed by atoms with Gasteiger partial charge < -0.3 is 11.1 Å². The van der Waals surface area contributed by atoms with Gasteiger partial charge in [-0.1, -0.05) is 27.7 Å². The number of pyridine rings is 1. The normalized spacial score (nSPS) is 11.6. The smallest absolute Gasteiger partial charge is 0.141 e. The van der Waals surface area contributed by atoms with Crippen LogP contribution in [-0.4, -0.2) is 11.5 Å².